The van der Waals surface area contributed by atoms with Crippen LogP contribution in [-0.4, -0.2) is 13.5 Å². The van der Waals surface area contributed by atoms with E-state index in [-0.39, 0.29) is 11.5 Å². The highest BCUT2D eigenvalue weighted by Crippen LogP contribution is 2.30. The van der Waals surface area contributed by atoms with Crippen LogP contribution < -0.4 is 4.72 Å². The van der Waals surface area contributed by atoms with Gasteiger partial charge in [0.25, 0.3) is 10.0 Å². The third-order valence-electron chi connectivity index (χ3n) is 3.51. The molecule has 1 heterocycles. The molecule has 2 aromatic carbocycles. The van der Waals surface area contributed by atoms with E-state index in [0.29, 0.717) is 16.6 Å². The number of thiophene rings is 1. The van der Waals surface area contributed by atoms with E-state index in [4.69, 9.17) is 0 Å². The van der Waals surface area contributed by atoms with Crippen molar-refractivity contribution in [2.24, 2.45) is 0 Å². The van der Waals surface area contributed by atoms with Crippen LogP contribution in [0.2, 0.25) is 0 Å². The maximum Gasteiger partial charge on any atom is 0.262 e. The molecule has 0 fully saturated rings. The van der Waals surface area contributed by atoms with Crippen molar-refractivity contribution >= 4 is 37.1 Å². The second-order valence-electron chi connectivity index (χ2n) is 4.96. The van der Waals surface area contributed by atoms with Gasteiger partial charge in [-0.05, 0) is 36.1 Å². The van der Waals surface area contributed by atoms with Crippen molar-refractivity contribution in [1.82, 2.24) is 0 Å². The summed E-state index contributed by atoms with van der Waals surface area (Å²) in [7, 11) is -3.72. The van der Waals surface area contributed by atoms with Gasteiger partial charge in [-0.3, -0.25) is 4.72 Å². The molecule has 0 unspecified atom stereocenters. The van der Waals surface area contributed by atoms with Crippen molar-refractivity contribution in [2.75, 3.05) is 4.72 Å². The Kier molecular flexibility index (Phi) is 3.90. The maximum atomic E-state index is 12.7. The fourth-order valence-corrected chi connectivity index (χ4v) is 4.67. The number of sulfonamides is 1. The van der Waals surface area contributed by atoms with E-state index < -0.39 is 10.0 Å². The second-order valence-corrected chi connectivity index (χ2v) is 7.56. The van der Waals surface area contributed by atoms with Crippen molar-refractivity contribution in [3.8, 4) is 0 Å². The molecule has 0 amide bonds. The van der Waals surface area contributed by atoms with Crippen molar-refractivity contribution in [3.05, 3.63) is 59.0 Å². The Labute approximate surface area is 133 Å². The molecule has 0 saturated carbocycles. The van der Waals surface area contributed by atoms with Gasteiger partial charge in [-0.1, -0.05) is 24.3 Å². The zero-order valence-electron chi connectivity index (χ0n) is 11.9. The molecule has 3 aromatic rings. The normalized spacial score (nSPS) is 11.7. The molecule has 0 aliphatic heterocycles. The molecule has 0 aliphatic carbocycles. The van der Waals surface area contributed by atoms with Crippen molar-refractivity contribution in [2.45, 2.75) is 18.4 Å². The Balaban J connectivity index is 2.11. The number of aliphatic hydroxyl groups excluding tert-OH is 1. The summed E-state index contributed by atoms with van der Waals surface area (Å²) in [4.78, 5) is 0.249. The first-order chi connectivity index (χ1) is 10.5. The van der Waals surface area contributed by atoms with Crippen molar-refractivity contribution in [1.29, 1.82) is 0 Å². The van der Waals surface area contributed by atoms with Crippen LogP contribution in [0, 0.1) is 6.92 Å². The monoisotopic (exact) mass is 333 g/mol. The van der Waals surface area contributed by atoms with E-state index in [1.54, 1.807) is 30.3 Å². The number of anilines is 1. The molecule has 2 N–H and O–H groups in total. The number of para-hydroxylation sites is 1. The van der Waals surface area contributed by atoms with Crippen LogP contribution in [0.4, 0.5) is 5.69 Å². The van der Waals surface area contributed by atoms with Crippen LogP contribution in [0.1, 0.15) is 11.1 Å². The number of nitrogens with one attached hydrogen (secondary N) is 1. The first-order valence-electron chi connectivity index (χ1n) is 6.71. The first kappa shape index (κ1) is 15.0. The van der Waals surface area contributed by atoms with Gasteiger partial charge in [-0.2, -0.15) is 0 Å². The number of aryl methyl sites for hydroxylation is 1. The first-order valence-corrected chi connectivity index (χ1v) is 9.07. The Morgan fingerprint density at radius 3 is 2.68 bits per heavy atom. The SMILES string of the molecule is Cc1cccc(CO)c1NS(=O)(=O)c1cccc2sccc12. The molecule has 22 heavy (non-hydrogen) atoms. The van der Waals surface area contributed by atoms with Gasteiger partial charge >= 0.3 is 0 Å². The van der Waals surface area contributed by atoms with Gasteiger partial charge in [0, 0.05) is 15.6 Å². The molecule has 0 bridgehead atoms. The van der Waals surface area contributed by atoms with E-state index in [1.165, 1.54) is 11.3 Å². The molecule has 0 aliphatic rings. The van der Waals surface area contributed by atoms with Gasteiger partial charge in [-0.15, -0.1) is 11.3 Å². The predicted octanol–water partition coefficient (Wildman–Crippen LogP) is 3.50. The van der Waals surface area contributed by atoms with E-state index in [9.17, 15) is 13.5 Å². The predicted molar refractivity (Wildman–Crippen MR) is 89.7 cm³/mol. The van der Waals surface area contributed by atoms with Gasteiger partial charge in [0.05, 0.1) is 17.2 Å². The van der Waals surface area contributed by atoms with Crippen LogP contribution in [0.25, 0.3) is 10.1 Å². The third-order valence-corrected chi connectivity index (χ3v) is 5.80. The van der Waals surface area contributed by atoms with Gasteiger partial charge in [0.1, 0.15) is 0 Å². The lowest BCUT2D eigenvalue weighted by Crippen LogP contribution is -2.15. The fourth-order valence-electron chi connectivity index (χ4n) is 2.40. The molecule has 1 aromatic heterocycles. The Bertz CT molecular complexity index is 929. The highest BCUT2D eigenvalue weighted by Gasteiger charge is 2.20. The molecule has 6 heteroatoms. The summed E-state index contributed by atoms with van der Waals surface area (Å²) in [5.41, 5.74) is 1.77. The van der Waals surface area contributed by atoms with E-state index in [2.05, 4.69) is 4.72 Å². The average molecular weight is 333 g/mol. The summed E-state index contributed by atoms with van der Waals surface area (Å²) in [6.07, 6.45) is 0. The topological polar surface area (TPSA) is 66.4 Å². The maximum absolute atomic E-state index is 12.7. The average Bonchev–Trinajstić information content (AvgIpc) is 2.97. The highest BCUT2D eigenvalue weighted by atomic mass is 32.2. The van der Waals surface area contributed by atoms with E-state index in [1.807, 2.05) is 24.4 Å². The largest absolute Gasteiger partial charge is 0.392 e. The molecule has 0 spiro atoms. The number of benzene rings is 2. The Hall–Kier alpha value is -1.89. The molecule has 0 saturated heterocycles. The van der Waals surface area contributed by atoms with Gasteiger partial charge in [-0.25, -0.2) is 8.42 Å². The molecule has 3 rings (SSSR count). The smallest absolute Gasteiger partial charge is 0.262 e. The van der Waals surface area contributed by atoms with Crippen LogP contribution in [0.5, 0.6) is 0 Å². The van der Waals surface area contributed by atoms with Crippen LogP contribution in [0.15, 0.2) is 52.7 Å². The van der Waals surface area contributed by atoms with Crippen LogP contribution in [0.3, 0.4) is 0 Å². The minimum absolute atomic E-state index is 0.220. The molecule has 114 valence electrons. The lowest BCUT2D eigenvalue weighted by molar-refractivity contribution is 0.282. The van der Waals surface area contributed by atoms with Gasteiger partial charge in [0.2, 0.25) is 0 Å². The number of fused-ring (bicyclic) bond motifs is 1. The van der Waals surface area contributed by atoms with Gasteiger partial charge in [0.15, 0.2) is 0 Å². The van der Waals surface area contributed by atoms with Crippen molar-refractivity contribution in [3.63, 3.8) is 0 Å². The zero-order valence-corrected chi connectivity index (χ0v) is 13.5. The number of hydrogen-bond acceptors (Lipinski definition) is 4. The van der Waals surface area contributed by atoms with Crippen LogP contribution >= 0.6 is 11.3 Å². The third kappa shape index (κ3) is 2.61. The number of rotatable bonds is 4. The van der Waals surface area contributed by atoms with E-state index in [0.717, 1.165) is 10.3 Å². The summed E-state index contributed by atoms with van der Waals surface area (Å²) in [5, 5.41) is 12.0. The molecule has 4 nitrogen and oxygen atoms in total. The summed E-state index contributed by atoms with van der Waals surface area (Å²) in [5.74, 6) is 0. The number of hydrogen-bond donors (Lipinski definition) is 2. The summed E-state index contributed by atoms with van der Waals surface area (Å²) < 4.78 is 29.0. The minimum Gasteiger partial charge on any atom is -0.392 e. The quantitative estimate of drug-likeness (QED) is 0.768. The van der Waals surface area contributed by atoms with Crippen molar-refractivity contribution < 1.29 is 13.5 Å². The highest BCUT2D eigenvalue weighted by molar-refractivity contribution is 7.93. The molecular formula is C16H15NO3S2. The lowest BCUT2D eigenvalue weighted by atomic mass is 10.1. The molecular weight excluding hydrogens is 318 g/mol. The summed E-state index contributed by atoms with van der Waals surface area (Å²) in [6.45, 7) is 1.59. The molecule has 0 atom stereocenters. The van der Waals surface area contributed by atoms with Gasteiger partial charge < -0.3 is 5.11 Å². The summed E-state index contributed by atoms with van der Waals surface area (Å²) in [6, 6.07) is 12.3. The van der Waals surface area contributed by atoms with Crippen LogP contribution in [-0.2, 0) is 16.6 Å². The fraction of sp³-hybridized carbons (Fsp3) is 0.125. The number of aliphatic hydroxyl groups is 1. The Morgan fingerprint density at radius 2 is 1.91 bits per heavy atom. The Morgan fingerprint density at radius 1 is 1.14 bits per heavy atom. The zero-order chi connectivity index (χ0) is 15.7. The minimum atomic E-state index is -3.72. The summed E-state index contributed by atoms with van der Waals surface area (Å²) >= 11 is 1.50. The standard InChI is InChI=1S/C16H15NO3S2/c1-11-4-2-5-12(10-18)16(11)17-22(19,20)15-7-3-6-14-13(15)8-9-21-14/h2-9,17-18H,10H2,1H3. The molecule has 0 radical (unpaired) electrons. The van der Waals surface area contributed by atoms with E-state index >= 15 is 0 Å². The second kappa shape index (κ2) is 5.72. The lowest BCUT2D eigenvalue weighted by Gasteiger charge is -2.14.